The lowest BCUT2D eigenvalue weighted by molar-refractivity contribution is -0.116. The number of nitrogens with one attached hydrogen (secondary N) is 3. The van der Waals surface area contributed by atoms with Crippen molar-refractivity contribution in [1.82, 2.24) is 15.5 Å². The van der Waals surface area contributed by atoms with Crippen molar-refractivity contribution in [3.05, 3.63) is 34.8 Å². The number of hydrogen-bond acceptors (Lipinski definition) is 6. The number of aromatic amines is 1. The first-order valence-electron chi connectivity index (χ1n) is 7.66. The second-order valence-electron chi connectivity index (χ2n) is 6.25. The van der Waals surface area contributed by atoms with Crippen LogP contribution >= 0.6 is 0 Å². The van der Waals surface area contributed by atoms with Gasteiger partial charge in [-0.05, 0) is 45.0 Å². The summed E-state index contributed by atoms with van der Waals surface area (Å²) >= 11 is 0. The summed E-state index contributed by atoms with van der Waals surface area (Å²) in [6, 6.07) is 6.70. The topological polar surface area (TPSA) is 126 Å². The summed E-state index contributed by atoms with van der Waals surface area (Å²) in [5.74, 6) is -0.576. The minimum atomic E-state index is -0.634. The maximum atomic E-state index is 11.9. The highest BCUT2D eigenvalue weighted by Crippen LogP contribution is 2.17. The van der Waals surface area contributed by atoms with Gasteiger partial charge in [0.1, 0.15) is 5.60 Å². The Labute approximate surface area is 143 Å². The Morgan fingerprint density at radius 1 is 1.24 bits per heavy atom. The Balaban J connectivity index is 1.79. The van der Waals surface area contributed by atoms with Crippen LogP contribution in [-0.4, -0.2) is 34.3 Å². The first kappa shape index (κ1) is 18.2. The van der Waals surface area contributed by atoms with E-state index in [4.69, 9.17) is 4.74 Å². The fraction of sp³-hybridized carbons (Fsp3) is 0.375. The van der Waals surface area contributed by atoms with Gasteiger partial charge in [0.15, 0.2) is 5.82 Å². The molecule has 0 unspecified atom stereocenters. The number of aromatic nitrogens is 2. The van der Waals surface area contributed by atoms with E-state index in [9.17, 15) is 14.4 Å². The number of H-pyrrole nitrogens is 1. The molecule has 0 aliphatic rings. The van der Waals surface area contributed by atoms with Gasteiger partial charge in [-0.2, -0.15) is 0 Å². The van der Waals surface area contributed by atoms with Crippen molar-refractivity contribution < 1.29 is 18.8 Å². The largest absolute Gasteiger partial charge is 0.444 e. The molecule has 0 saturated carbocycles. The Hall–Kier alpha value is -3.10. The van der Waals surface area contributed by atoms with Gasteiger partial charge < -0.3 is 15.4 Å². The zero-order chi connectivity index (χ0) is 18.4. The molecule has 3 N–H and O–H groups in total. The molecule has 25 heavy (non-hydrogen) atoms. The highest BCUT2D eigenvalue weighted by Gasteiger charge is 2.15. The normalized spacial score (nSPS) is 11.0. The highest BCUT2D eigenvalue weighted by atomic mass is 16.6. The average molecular weight is 348 g/mol. The van der Waals surface area contributed by atoms with Gasteiger partial charge in [-0.15, -0.1) is 0 Å². The van der Waals surface area contributed by atoms with Crippen molar-refractivity contribution in [2.24, 2.45) is 0 Å². The SMILES string of the molecule is CC(C)(C)OC(=O)NCCC(=O)Nc1ccc(-c2noc(=O)[nH]2)cc1. The maximum absolute atomic E-state index is 11.9. The van der Waals surface area contributed by atoms with Crippen molar-refractivity contribution in [1.29, 1.82) is 0 Å². The zero-order valence-electron chi connectivity index (χ0n) is 14.2. The first-order valence-corrected chi connectivity index (χ1v) is 7.66. The van der Waals surface area contributed by atoms with Crippen LogP contribution in [0.2, 0.25) is 0 Å². The van der Waals surface area contributed by atoms with Crippen LogP contribution < -0.4 is 16.4 Å². The Morgan fingerprint density at radius 2 is 1.92 bits per heavy atom. The summed E-state index contributed by atoms with van der Waals surface area (Å²) in [5, 5.41) is 8.79. The highest BCUT2D eigenvalue weighted by molar-refractivity contribution is 5.91. The molecule has 2 amide bonds. The molecule has 1 aromatic heterocycles. The van der Waals surface area contributed by atoms with E-state index in [1.165, 1.54) is 0 Å². The molecule has 2 rings (SSSR count). The number of anilines is 1. The number of amides is 2. The minimum absolute atomic E-state index is 0.109. The summed E-state index contributed by atoms with van der Waals surface area (Å²) in [4.78, 5) is 36.7. The van der Waals surface area contributed by atoms with Crippen molar-refractivity contribution in [2.45, 2.75) is 32.8 Å². The van der Waals surface area contributed by atoms with Crippen molar-refractivity contribution >= 4 is 17.7 Å². The number of carbonyl (C=O) groups is 2. The van der Waals surface area contributed by atoms with E-state index in [1.807, 2.05) is 0 Å². The van der Waals surface area contributed by atoms with E-state index in [0.717, 1.165) is 0 Å². The van der Waals surface area contributed by atoms with Crippen molar-refractivity contribution in [3.8, 4) is 11.4 Å². The van der Waals surface area contributed by atoms with Gasteiger partial charge in [0, 0.05) is 24.2 Å². The van der Waals surface area contributed by atoms with E-state index in [2.05, 4.69) is 25.3 Å². The molecule has 0 aliphatic carbocycles. The number of benzene rings is 1. The second kappa shape index (κ2) is 7.65. The third-order valence-electron chi connectivity index (χ3n) is 2.90. The fourth-order valence-corrected chi connectivity index (χ4v) is 1.88. The van der Waals surface area contributed by atoms with Crippen LogP contribution in [0.1, 0.15) is 27.2 Å². The molecule has 9 heteroatoms. The molecule has 1 heterocycles. The third-order valence-corrected chi connectivity index (χ3v) is 2.90. The van der Waals surface area contributed by atoms with Gasteiger partial charge >= 0.3 is 11.8 Å². The molecule has 134 valence electrons. The molecule has 0 aliphatic heterocycles. The molecule has 0 atom stereocenters. The number of nitrogens with zero attached hydrogens (tertiary/aromatic N) is 1. The summed E-state index contributed by atoms with van der Waals surface area (Å²) in [6.45, 7) is 5.45. The van der Waals surface area contributed by atoms with Gasteiger partial charge in [-0.25, -0.2) is 9.59 Å². The Kier molecular flexibility index (Phi) is 5.58. The molecular formula is C16H20N4O5. The van der Waals surface area contributed by atoms with Gasteiger partial charge in [0.2, 0.25) is 5.91 Å². The van der Waals surface area contributed by atoms with E-state index < -0.39 is 17.5 Å². The molecule has 9 nitrogen and oxygen atoms in total. The van der Waals surface area contributed by atoms with Crippen LogP contribution in [0.3, 0.4) is 0 Å². The van der Waals surface area contributed by atoms with Crippen LogP contribution in [0, 0.1) is 0 Å². The molecule has 0 bridgehead atoms. The molecule has 0 spiro atoms. The summed E-state index contributed by atoms with van der Waals surface area (Å²) in [7, 11) is 0. The lowest BCUT2D eigenvalue weighted by Crippen LogP contribution is -2.34. The van der Waals surface area contributed by atoms with E-state index in [-0.39, 0.29) is 18.9 Å². The quantitative estimate of drug-likeness (QED) is 0.757. The summed E-state index contributed by atoms with van der Waals surface area (Å²) in [6.07, 6.45) is -0.455. The predicted molar refractivity (Wildman–Crippen MR) is 90.0 cm³/mol. The van der Waals surface area contributed by atoms with Crippen LogP contribution in [0.4, 0.5) is 10.5 Å². The number of rotatable bonds is 5. The van der Waals surface area contributed by atoms with Gasteiger partial charge in [-0.1, -0.05) is 5.16 Å². The standard InChI is InChI=1S/C16H20N4O5/c1-16(2,3)24-14(22)17-9-8-12(21)18-11-6-4-10(5-7-11)13-19-15(23)25-20-13/h4-7H,8-9H2,1-3H3,(H,17,22)(H,18,21)(H,19,20,23). The van der Waals surface area contributed by atoms with E-state index in [0.29, 0.717) is 17.1 Å². The predicted octanol–water partition coefficient (Wildman–Crippen LogP) is 1.88. The molecule has 0 saturated heterocycles. The van der Waals surface area contributed by atoms with Crippen LogP contribution in [0.25, 0.3) is 11.4 Å². The van der Waals surface area contributed by atoms with E-state index in [1.54, 1.807) is 45.0 Å². The van der Waals surface area contributed by atoms with Gasteiger partial charge in [0.25, 0.3) is 0 Å². The van der Waals surface area contributed by atoms with E-state index >= 15 is 0 Å². The molecule has 1 aromatic carbocycles. The molecule has 0 fully saturated rings. The number of hydrogen-bond donors (Lipinski definition) is 3. The maximum Gasteiger partial charge on any atom is 0.439 e. The molecular weight excluding hydrogens is 328 g/mol. The van der Waals surface area contributed by atoms with Crippen molar-refractivity contribution in [3.63, 3.8) is 0 Å². The van der Waals surface area contributed by atoms with Crippen LogP contribution in [0.15, 0.2) is 33.6 Å². The van der Waals surface area contributed by atoms with Gasteiger partial charge in [-0.3, -0.25) is 14.3 Å². The number of ether oxygens (including phenoxy) is 1. The smallest absolute Gasteiger partial charge is 0.439 e. The number of carbonyl (C=O) groups excluding carboxylic acids is 2. The van der Waals surface area contributed by atoms with Crippen molar-refractivity contribution in [2.75, 3.05) is 11.9 Å². The Morgan fingerprint density at radius 3 is 2.48 bits per heavy atom. The minimum Gasteiger partial charge on any atom is -0.444 e. The second-order valence-corrected chi connectivity index (χ2v) is 6.25. The van der Waals surface area contributed by atoms with Crippen LogP contribution in [-0.2, 0) is 9.53 Å². The lowest BCUT2D eigenvalue weighted by atomic mass is 10.2. The van der Waals surface area contributed by atoms with Gasteiger partial charge in [0.05, 0.1) is 0 Å². The summed E-state index contributed by atoms with van der Waals surface area (Å²) in [5.41, 5.74) is 0.648. The third kappa shape index (κ3) is 6.13. The fourth-order valence-electron chi connectivity index (χ4n) is 1.88. The average Bonchev–Trinajstić information content (AvgIpc) is 2.92. The molecule has 0 radical (unpaired) electrons. The zero-order valence-corrected chi connectivity index (χ0v) is 14.2. The van der Waals surface area contributed by atoms with Crippen LogP contribution in [0.5, 0.6) is 0 Å². The molecule has 2 aromatic rings. The number of alkyl carbamates (subject to hydrolysis) is 1. The Bertz CT molecular complexity index is 786. The first-order chi connectivity index (χ1) is 11.7. The monoisotopic (exact) mass is 348 g/mol. The lowest BCUT2D eigenvalue weighted by Gasteiger charge is -2.19. The summed E-state index contributed by atoms with van der Waals surface area (Å²) < 4.78 is 9.51.